The molecule has 0 unspecified atom stereocenters. The summed E-state index contributed by atoms with van der Waals surface area (Å²) < 4.78 is 21.7. The largest absolute Gasteiger partial charge is 0.447 e. The maximum Gasteiger partial charge on any atom is 0.348 e. The summed E-state index contributed by atoms with van der Waals surface area (Å²) in [6.45, 7) is 0. The van der Waals surface area contributed by atoms with Gasteiger partial charge in [0.1, 0.15) is 0 Å². The summed E-state index contributed by atoms with van der Waals surface area (Å²) in [7, 11) is 0. The van der Waals surface area contributed by atoms with E-state index in [0.717, 1.165) is 23.7 Å². The van der Waals surface area contributed by atoms with E-state index in [4.69, 9.17) is 16.3 Å². The van der Waals surface area contributed by atoms with Crippen LogP contribution in [0.5, 0.6) is 11.5 Å². The quantitative estimate of drug-likeness (QED) is 0.516. The lowest BCUT2D eigenvalue weighted by Gasteiger charge is -2.11. The summed E-state index contributed by atoms with van der Waals surface area (Å²) in [5, 5.41) is 8.35. The minimum absolute atomic E-state index is 0.110. The highest BCUT2D eigenvalue weighted by Gasteiger charge is 2.52. The number of rotatable bonds is 4. The second kappa shape index (κ2) is 6.06. The van der Waals surface area contributed by atoms with E-state index in [1.807, 2.05) is 28.8 Å². The molecular formula is C21H16ClFN3O+. The topological polar surface area (TPSA) is 42.0 Å². The third-order valence-corrected chi connectivity index (χ3v) is 5.35. The maximum atomic E-state index is 14.0. The lowest BCUT2D eigenvalue weighted by molar-refractivity contribution is -0.524. The van der Waals surface area contributed by atoms with Crippen molar-refractivity contribution in [2.45, 2.75) is 18.3 Å². The zero-order chi connectivity index (χ0) is 18.4. The third kappa shape index (κ3) is 2.66. The van der Waals surface area contributed by atoms with Crippen LogP contribution in [0.1, 0.15) is 24.2 Å². The predicted molar refractivity (Wildman–Crippen MR) is 99.7 cm³/mol. The molecule has 2 aromatic carbocycles. The van der Waals surface area contributed by atoms with E-state index < -0.39 is 5.82 Å². The van der Waals surface area contributed by atoms with Gasteiger partial charge in [0.05, 0.1) is 11.6 Å². The molecule has 1 aliphatic rings. The van der Waals surface area contributed by atoms with Crippen LogP contribution in [0.4, 0.5) is 4.39 Å². The molecule has 6 heteroatoms. The monoisotopic (exact) mass is 380 g/mol. The van der Waals surface area contributed by atoms with Crippen LogP contribution >= 0.6 is 11.6 Å². The Kier molecular flexibility index (Phi) is 3.65. The van der Waals surface area contributed by atoms with E-state index in [2.05, 4.69) is 22.3 Å². The SMILES string of the molecule is Fc1ccccc1Oc1ccc[n+]2c(C3(c4ccc(Cl)cc4)CC3)[nH]nc12. The van der Waals surface area contributed by atoms with Gasteiger partial charge in [-0.1, -0.05) is 35.9 Å². The van der Waals surface area contributed by atoms with E-state index in [1.54, 1.807) is 24.3 Å². The number of hydrogen-bond acceptors (Lipinski definition) is 2. The van der Waals surface area contributed by atoms with Crippen LogP contribution in [0.25, 0.3) is 5.65 Å². The first kappa shape index (κ1) is 16.3. The van der Waals surface area contributed by atoms with Gasteiger partial charge in [0, 0.05) is 10.1 Å². The first-order valence-corrected chi connectivity index (χ1v) is 9.13. The molecule has 5 rings (SSSR count). The van der Waals surface area contributed by atoms with E-state index in [1.165, 1.54) is 11.6 Å². The fraction of sp³-hybridized carbons (Fsp3) is 0.143. The van der Waals surface area contributed by atoms with Gasteiger partial charge in [-0.05, 0) is 54.8 Å². The van der Waals surface area contributed by atoms with Crippen LogP contribution in [-0.2, 0) is 5.41 Å². The number of benzene rings is 2. The highest BCUT2D eigenvalue weighted by atomic mass is 35.5. The van der Waals surface area contributed by atoms with Crippen molar-refractivity contribution in [2.75, 3.05) is 0 Å². The summed E-state index contributed by atoms with van der Waals surface area (Å²) >= 11 is 6.04. The molecule has 1 saturated carbocycles. The molecule has 0 atom stereocenters. The minimum Gasteiger partial charge on any atom is -0.447 e. The van der Waals surface area contributed by atoms with Gasteiger partial charge in [0.15, 0.2) is 11.6 Å². The van der Waals surface area contributed by atoms with Crippen molar-refractivity contribution in [3.05, 3.63) is 89.1 Å². The Labute approximate surface area is 160 Å². The summed E-state index contributed by atoms with van der Waals surface area (Å²) in [5.41, 5.74) is 1.71. The third-order valence-electron chi connectivity index (χ3n) is 5.10. The lowest BCUT2D eigenvalue weighted by atomic mass is 9.95. The number of aromatic amines is 1. The van der Waals surface area contributed by atoms with Crippen LogP contribution in [0.2, 0.25) is 5.02 Å². The van der Waals surface area contributed by atoms with Gasteiger partial charge in [0.2, 0.25) is 11.6 Å². The Balaban J connectivity index is 1.58. The van der Waals surface area contributed by atoms with Crippen LogP contribution in [-0.4, -0.2) is 10.2 Å². The van der Waals surface area contributed by atoms with E-state index in [0.29, 0.717) is 11.4 Å². The van der Waals surface area contributed by atoms with Gasteiger partial charge >= 0.3 is 5.65 Å². The van der Waals surface area contributed by atoms with Crippen LogP contribution < -0.4 is 9.14 Å². The van der Waals surface area contributed by atoms with Crippen LogP contribution in [0, 0.1) is 5.82 Å². The molecule has 1 aliphatic carbocycles. The Morgan fingerprint density at radius 2 is 1.74 bits per heavy atom. The molecule has 0 aliphatic heterocycles. The average molecular weight is 381 g/mol. The van der Waals surface area contributed by atoms with Crippen LogP contribution in [0.3, 0.4) is 0 Å². The number of fused-ring (bicyclic) bond motifs is 1. The molecular weight excluding hydrogens is 365 g/mol. The number of ether oxygens (including phenoxy) is 1. The summed E-state index contributed by atoms with van der Waals surface area (Å²) in [6, 6.07) is 17.9. The number of pyridine rings is 1. The van der Waals surface area contributed by atoms with Crippen LogP contribution in [0.15, 0.2) is 66.9 Å². The second-order valence-corrected chi connectivity index (χ2v) is 7.20. The number of para-hydroxylation sites is 1. The maximum absolute atomic E-state index is 14.0. The lowest BCUT2D eigenvalue weighted by Crippen LogP contribution is -2.31. The van der Waals surface area contributed by atoms with Crippen molar-refractivity contribution in [1.29, 1.82) is 0 Å². The molecule has 1 fully saturated rings. The molecule has 0 radical (unpaired) electrons. The van der Waals surface area contributed by atoms with Crippen molar-refractivity contribution in [1.82, 2.24) is 10.2 Å². The molecule has 4 aromatic rings. The zero-order valence-electron chi connectivity index (χ0n) is 14.3. The number of halogens is 2. The number of aromatic nitrogens is 3. The Morgan fingerprint density at radius 3 is 2.48 bits per heavy atom. The minimum atomic E-state index is -0.407. The number of nitrogens with one attached hydrogen (secondary N) is 1. The Hall–Kier alpha value is -2.92. The second-order valence-electron chi connectivity index (χ2n) is 6.76. The van der Waals surface area contributed by atoms with Crippen molar-refractivity contribution in [2.24, 2.45) is 0 Å². The van der Waals surface area contributed by atoms with Gasteiger partial charge in [-0.15, -0.1) is 5.10 Å². The van der Waals surface area contributed by atoms with Gasteiger partial charge in [-0.3, -0.25) is 0 Å². The molecule has 0 bridgehead atoms. The Morgan fingerprint density at radius 1 is 1.00 bits per heavy atom. The Bertz CT molecular complexity index is 1140. The van der Waals surface area contributed by atoms with E-state index in [9.17, 15) is 4.39 Å². The summed E-state index contributed by atoms with van der Waals surface area (Å²) in [4.78, 5) is 0. The molecule has 27 heavy (non-hydrogen) atoms. The molecule has 1 N–H and O–H groups in total. The van der Waals surface area contributed by atoms with Gasteiger partial charge in [0.25, 0.3) is 0 Å². The summed E-state index contributed by atoms with van der Waals surface area (Å²) in [6.07, 6.45) is 3.99. The van der Waals surface area contributed by atoms with Gasteiger partial charge in [-0.2, -0.15) is 4.40 Å². The first-order chi connectivity index (χ1) is 13.2. The van der Waals surface area contributed by atoms with E-state index in [-0.39, 0.29) is 11.2 Å². The average Bonchev–Trinajstić information content (AvgIpc) is 3.36. The fourth-order valence-electron chi connectivity index (χ4n) is 3.55. The number of nitrogens with zero attached hydrogens (tertiary/aromatic N) is 2. The van der Waals surface area contributed by atoms with Gasteiger partial charge in [-0.25, -0.2) is 4.39 Å². The molecule has 134 valence electrons. The van der Waals surface area contributed by atoms with E-state index >= 15 is 0 Å². The number of hydrogen-bond donors (Lipinski definition) is 1. The molecule has 0 amide bonds. The molecule has 0 spiro atoms. The predicted octanol–water partition coefficient (Wildman–Crippen LogP) is 4.81. The van der Waals surface area contributed by atoms with Gasteiger partial charge < -0.3 is 4.74 Å². The van der Waals surface area contributed by atoms with Crippen molar-refractivity contribution < 1.29 is 13.5 Å². The summed E-state index contributed by atoms with van der Waals surface area (Å²) in [5.74, 6) is 1.25. The van der Waals surface area contributed by atoms with Crippen molar-refractivity contribution >= 4 is 17.2 Å². The molecule has 0 saturated heterocycles. The number of H-pyrrole nitrogens is 1. The highest BCUT2D eigenvalue weighted by molar-refractivity contribution is 6.30. The normalized spacial score (nSPS) is 15.0. The molecule has 4 nitrogen and oxygen atoms in total. The fourth-order valence-corrected chi connectivity index (χ4v) is 3.67. The van der Waals surface area contributed by atoms with Crippen molar-refractivity contribution in [3.8, 4) is 11.5 Å². The standard InChI is InChI=1S/C21H15ClFN3O/c22-15-9-7-14(8-10-15)21(11-12-21)20-25-24-19-18(6-3-13-26(19)20)27-17-5-2-1-4-16(17)23/h1-10,13H,11-12H2/p+1. The highest BCUT2D eigenvalue weighted by Crippen LogP contribution is 2.51. The van der Waals surface area contributed by atoms with Crippen molar-refractivity contribution in [3.63, 3.8) is 0 Å². The molecule has 2 aromatic heterocycles. The first-order valence-electron chi connectivity index (χ1n) is 8.75. The zero-order valence-corrected chi connectivity index (χ0v) is 15.1. The molecule has 2 heterocycles. The smallest absolute Gasteiger partial charge is 0.348 e.